The van der Waals surface area contributed by atoms with Crippen LogP contribution in [0.2, 0.25) is 5.02 Å². The average molecular weight is 385 g/mol. The van der Waals surface area contributed by atoms with Gasteiger partial charge in [0.05, 0.1) is 5.75 Å². The number of rotatable bonds is 6. The summed E-state index contributed by atoms with van der Waals surface area (Å²) in [6.45, 7) is 1.70. The fourth-order valence-corrected chi connectivity index (χ4v) is 3.77. The molecular formula is C21H17ClO3S. The van der Waals surface area contributed by atoms with Crippen LogP contribution in [0, 0.1) is 6.92 Å². The van der Waals surface area contributed by atoms with Crippen molar-refractivity contribution < 1.29 is 14.3 Å². The number of ether oxygens (including phenoxy) is 1. The average Bonchev–Trinajstić information content (AvgIpc) is 2.65. The van der Waals surface area contributed by atoms with Crippen molar-refractivity contribution in [2.24, 2.45) is 0 Å². The number of hydrogen-bond acceptors (Lipinski definition) is 4. The molecule has 0 fully saturated rings. The summed E-state index contributed by atoms with van der Waals surface area (Å²) in [5.74, 6) is -0.526. The molecule has 5 heteroatoms. The molecule has 3 aromatic carbocycles. The molecule has 0 spiro atoms. The van der Waals surface area contributed by atoms with E-state index >= 15 is 0 Å². The van der Waals surface area contributed by atoms with Gasteiger partial charge in [0, 0.05) is 20.9 Å². The number of hydrogen-bond donors (Lipinski definition) is 0. The summed E-state index contributed by atoms with van der Waals surface area (Å²) in [7, 11) is 0. The monoisotopic (exact) mass is 384 g/mol. The molecule has 132 valence electrons. The fraction of sp³-hybridized carbons (Fsp3) is 0.143. The Hall–Kier alpha value is -2.30. The molecule has 0 unspecified atom stereocenters. The molecule has 3 aromatic rings. The minimum Gasteiger partial charge on any atom is -0.457 e. The minimum absolute atomic E-state index is 0.117. The molecule has 0 saturated heterocycles. The number of carbonyl (C=O) groups excluding carboxylic acids is 2. The highest BCUT2D eigenvalue weighted by atomic mass is 35.5. The summed E-state index contributed by atoms with van der Waals surface area (Å²) in [5, 5.41) is 2.59. The summed E-state index contributed by atoms with van der Waals surface area (Å²) in [5.41, 5.74) is 1.61. The summed E-state index contributed by atoms with van der Waals surface area (Å²) in [4.78, 5) is 25.0. The van der Waals surface area contributed by atoms with Crippen LogP contribution in [-0.4, -0.2) is 24.1 Å². The molecule has 26 heavy (non-hydrogen) atoms. The van der Waals surface area contributed by atoms with Crippen LogP contribution in [0.4, 0.5) is 0 Å². The summed E-state index contributed by atoms with van der Waals surface area (Å²) >= 11 is 7.64. The van der Waals surface area contributed by atoms with Crippen molar-refractivity contribution in [3.05, 3.63) is 76.8 Å². The second-order valence-corrected chi connectivity index (χ2v) is 7.26. The quantitative estimate of drug-likeness (QED) is 0.327. The normalized spacial score (nSPS) is 10.7. The first kappa shape index (κ1) is 18.5. The number of fused-ring (bicyclic) bond motifs is 1. The Bertz CT molecular complexity index is 946. The minimum atomic E-state index is -0.431. The van der Waals surface area contributed by atoms with Gasteiger partial charge in [0.15, 0.2) is 12.4 Å². The van der Waals surface area contributed by atoms with Crippen molar-refractivity contribution in [2.75, 3.05) is 12.4 Å². The molecule has 0 radical (unpaired) electrons. The first-order valence-electron chi connectivity index (χ1n) is 8.10. The van der Waals surface area contributed by atoms with Crippen molar-refractivity contribution in [3.63, 3.8) is 0 Å². The zero-order valence-electron chi connectivity index (χ0n) is 14.2. The predicted octanol–water partition coefficient (Wildman–Crippen LogP) is 5.32. The zero-order valence-corrected chi connectivity index (χ0v) is 15.8. The third kappa shape index (κ3) is 4.45. The standard InChI is InChI=1S/C21H17ClO3S/c1-14-8-10-15(11-9-14)18(23)12-25-20(24)13-26-19-7-3-5-16-4-2-6-17(22)21(16)19/h2-11H,12-13H2,1H3. The topological polar surface area (TPSA) is 43.4 Å². The maximum atomic E-state index is 12.1. The van der Waals surface area contributed by atoms with Gasteiger partial charge in [-0.15, -0.1) is 11.8 Å². The Morgan fingerprint density at radius 1 is 1.00 bits per heavy atom. The number of ketones is 1. The largest absolute Gasteiger partial charge is 0.457 e. The van der Waals surface area contributed by atoms with Crippen LogP contribution in [0.15, 0.2) is 65.6 Å². The fourth-order valence-electron chi connectivity index (χ4n) is 2.53. The molecule has 0 aliphatic carbocycles. The Labute approximate surface area is 161 Å². The second-order valence-electron chi connectivity index (χ2n) is 5.83. The van der Waals surface area contributed by atoms with Gasteiger partial charge in [-0.2, -0.15) is 0 Å². The van der Waals surface area contributed by atoms with Gasteiger partial charge in [-0.3, -0.25) is 9.59 Å². The predicted molar refractivity (Wildman–Crippen MR) is 106 cm³/mol. The SMILES string of the molecule is Cc1ccc(C(=O)COC(=O)CSc2cccc3cccc(Cl)c23)cc1. The second kappa shape index (κ2) is 8.39. The van der Waals surface area contributed by atoms with Crippen LogP contribution in [0.3, 0.4) is 0 Å². The van der Waals surface area contributed by atoms with E-state index in [4.69, 9.17) is 16.3 Å². The lowest BCUT2D eigenvalue weighted by Crippen LogP contribution is -2.15. The van der Waals surface area contributed by atoms with E-state index in [-0.39, 0.29) is 18.1 Å². The van der Waals surface area contributed by atoms with Crippen LogP contribution < -0.4 is 0 Å². The molecule has 0 heterocycles. The molecule has 0 N–H and O–H groups in total. The number of carbonyl (C=O) groups is 2. The number of thioether (sulfide) groups is 1. The maximum Gasteiger partial charge on any atom is 0.316 e. The van der Waals surface area contributed by atoms with Gasteiger partial charge in [0.25, 0.3) is 0 Å². The summed E-state index contributed by atoms with van der Waals surface area (Å²) < 4.78 is 5.11. The van der Waals surface area contributed by atoms with Crippen LogP contribution in [-0.2, 0) is 9.53 Å². The van der Waals surface area contributed by atoms with Gasteiger partial charge in [-0.05, 0) is 24.4 Å². The van der Waals surface area contributed by atoms with Crippen molar-refractivity contribution in [1.82, 2.24) is 0 Å². The van der Waals surface area contributed by atoms with E-state index in [1.807, 2.05) is 55.5 Å². The Morgan fingerprint density at radius 3 is 2.42 bits per heavy atom. The Kier molecular flexibility index (Phi) is 5.96. The molecule has 0 aromatic heterocycles. The summed E-state index contributed by atoms with van der Waals surface area (Å²) in [6, 6.07) is 18.7. The highest BCUT2D eigenvalue weighted by Crippen LogP contribution is 2.33. The lowest BCUT2D eigenvalue weighted by atomic mass is 10.1. The van der Waals surface area contributed by atoms with Gasteiger partial charge in [0.1, 0.15) is 0 Å². The van der Waals surface area contributed by atoms with E-state index < -0.39 is 5.97 Å². The number of halogens is 1. The number of Topliss-reactive ketones (excluding diaryl/α,β-unsaturated/α-hetero) is 1. The third-order valence-electron chi connectivity index (χ3n) is 3.90. The van der Waals surface area contributed by atoms with Crippen LogP contribution in [0.25, 0.3) is 10.8 Å². The molecule has 0 amide bonds. The van der Waals surface area contributed by atoms with Crippen LogP contribution in [0.5, 0.6) is 0 Å². The molecule has 0 bridgehead atoms. The summed E-state index contributed by atoms with van der Waals surface area (Å²) in [6.07, 6.45) is 0. The van der Waals surface area contributed by atoms with Gasteiger partial charge in [-0.25, -0.2) is 0 Å². The molecule has 0 aliphatic rings. The molecular weight excluding hydrogens is 368 g/mol. The maximum absolute atomic E-state index is 12.1. The van der Waals surface area contributed by atoms with Gasteiger partial charge in [0.2, 0.25) is 0 Å². The zero-order chi connectivity index (χ0) is 18.5. The number of esters is 1. The van der Waals surface area contributed by atoms with Gasteiger partial charge < -0.3 is 4.74 Å². The van der Waals surface area contributed by atoms with E-state index in [2.05, 4.69) is 0 Å². The molecule has 0 saturated carbocycles. The lowest BCUT2D eigenvalue weighted by molar-refractivity contribution is -0.139. The number of aryl methyl sites for hydroxylation is 1. The van der Waals surface area contributed by atoms with Gasteiger partial charge in [-0.1, -0.05) is 65.7 Å². The van der Waals surface area contributed by atoms with Crippen molar-refractivity contribution in [3.8, 4) is 0 Å². The van der Waals surface area contributed by atoms with E-state index in [0.29, 0.717) is 10.6 Å². The van der Waals surface area contributed by atoms with E-state index in [1.165, 1.54) is 11.8 Å². The molecule has 0 atom stereocenters. The number of benzene rings is 3. The first-order valence-corrected chi connectivity index (χ1v) is 9.46. The van der Waals surface area contributed by atoms with Crippen LogP contribution >= 0.6 is 23.4 Å². The smallest absolute Gasteiger partial charge is 0.316 e. The van der Waals surface area contributed by atoms with Crippen molar-refractivity contribution >= 4 is 45.9 Å². The van der Waals surface area contributed by atoms with E-state index in [1.54, 1.807) is 12.1 Å². The van der Waals surface area contributed by atoms with Crippen molar-refractivity contribution in [2.45, 2.75) is 11.8 Å². The van der Waals surface area contributed by atoms with E-state index in [9.17, 15) is 9.59 Å². The molecule has 3 rings (SSSR count). The Balaban J connectivity index is 1.58. The lowest BCUT2D eigenvalue weighted by Gasteiger charge is -2.08. The van der Waals surface area contributed by atoms with Gasteiger partial charge >= 0.3 is 5.97 Å². The van der Waals surface area contributed by atoms with Crippen molar-refractivity contribution in [1.29, 1.82) is 0 Å². The van der Waals surface area contributed by atoms with E-state index in [0.717, 1.165) is 21.2 Å². The highest BCUT2D eigenvalue weighted by molar-refractivity contribution is 8.00. The molecule has 3 nitrogen and oxygen atoms in total. The molecule has 0 aliphatic heterocycles. The Morgan fingerprint density at radius 2 is 1.69 bits per heavy atom. The van der Waals surface area contributed by atoms with Crippen LogP contribution in [0.1, 0.15) is 15.9 Å². The first-order chi connectivity index (χ1) is 12.5. The third-order valence-corrected chi connectivity index (χ3v) is 5.25. The highest BCUT2D eigenvalue weighted by Gasteiger charge is 2.12.